The van der Waals surface area contributed by atoms with E-state index in [1.807, 2.05) is 5.38 Å². The van der Waals surface area contributed by atoms with E-state index >= 15 is 0 Å². The van der Waals surface area contributed by atoms with Crippen molar-refractivity contribution in [2.75, 3.05) is 0 Å². The molecule has 82 valence electrons. The molecule has 3 nitrogen and oxygen atoms in total. The molecule has 15 heavy (non-hydrogen) atoms. The van der Waals surface area contributed by atoms with Crippen molar-refractivity contribution in [1.82, 2.24) is 0 Å². The number of rotatable bonds is 3. The van der Waals surface area contributed by atoms with Gasteiger partial charge in [0, 0.05) is 10.8 Å². The van der Waals surface area contributed by atoms with Crippen LogP contribution in [-0.4, -0.2) is 16.2 Å². The molecule has 1 aromatic rings. The Kier molecular flexibility index (Phi) is 2.46. The molecule has 1 heterocycles. The summed E-state index contributed by atoms with van der Waals surface area (Å²) in [6.07, 6.45) is 3.65. The lowest BCUT2D eigenvalue weighted by atomic mass is 9.85. The van der Waals surface area contributed by atoms with Gasteiger partial charge in [0.1, 0.15) is 0 Å². The van der Waals surface area contributed by atoms with Gasteiger partial charge >= 0.3 is 5.97 Å². The standard InChI is InChI=1S/C11H14O3S/c12-10(13)11(14,8-4-1-2-5-8)9-6-3-7-15-9/h3,6-8,14H,1-2,4-5H2,(H,12,13)/i/hT. The molecule has 1 atom stereocenters. The highest BCUT2D eigenvalue weighted by Crippen LogP contribution is 2.42. The first-order valence-corrected chi connectivity index (χ1v) is 6.01. The highest BCUT2D eigenvalue weighted by Gasteiger charge is 2.47. The van der Waals surface area contributed by atoms with Crippen LogP contribution >= 0.6 is 11.3 Å². The lowest BCUT2D eigenvalue weighted by molar-refractivity contribution is -0.166. The minimum absolute atomic E-state index is 0.121. The van der Waals surface area contributed by atoms with Crippen molar-refractivity contribution < 1.29 is 15.0 Å². The first kappa shape index (κ1) is 9.36. The van der Waals surface area contributed by atoms with E-state index in [0.29, 0.717) is 4.88 Å². The lowest BCUT2D eigenvalue weighted by Crippen LogP contribution is -2.41. The molecule has 0 aromatic carbocycles. The average molecular weight is 228 g/mol. The third-order valence-electron chi connectivity index (χ3n) is 3.15. The summed E-state index contributed by atoms with van der Waals surface area (Å²) in [5.41, 5.74) is -1.62. The van der Waals surface area contributed by atoms with Crippen LogP contribution in [0.5, 0.6) is 0 Å². The van der Waals surface area contributed by atoms with E-state index in [9.17, 15) is 9.90 Å². The van der Waals surface area contributed by atoms with Gasteiger partial charge in [0.05, 0.1) is 0 Å². The molecule has 2 N–H and O–H groups in total. The second kappa shape index (κ2) is 3.94. The van der Waals surface area contributed by atoms with Gasteiger partial charge in [-0.25, -0.2) is 4.79 Å². The molecular weight excluding hydrogens is 212 g/mol. The largest absolute Gasteiger partial charge is 0.479 e. The summed E-state index contributed by atoms with van der Waals surface area (Å²) >= 11 is 1.33. The minimum Gasteiger partial charge on any atom is -0.479 e. The minimum atomic E-state index is -1.62. The van der Waals surface area contributed by atoms with Gasteiger partial charge in [-0.05, 0) is 24.3 Å². The van der Waals surface area contributed by atoms with Crippen LogP contribution < -0.4 is 0 Å². The maximum absolute atomic E-state index is 11.7. The van der Waals surface area contributed by atoms with Crippen LogP contribution in [0.15, 0.2) is 17.5 Å². The van der Waals surface area contributed by atoms with E-state index in [1.165, 1.54) is 11.3 Å². The van der Waals surface area contributed by atoms with Crippen molar-refractivity contribution >= 4 is 17.3 Å². The molecule has 0 radical (unpaired) electrons. The van der Waals surface area contributed by atoms with Gasteiger partial charge < -0.3 is 10.2 Å². The molecule has 0 spiro atoms. The van der Waals surface area contributed by atoms with Gasteiger partial charge in [0.15, 0.2) is 5.60 Å². The molecule has 1 aliphatic carbocycles. The van der Waals surface area contributed by atoms with Gasteiger partial charge in [-0.15, -0.1) is 11.3 Å². The van der Waals surface area contributed by atoms with E-state index in [0.717, 1.165) is 25.7 Å². The summed E-state index contributed by atoms with van der Waals surface area (Å²) in [5.74, 6) is -0.981. The van der Waals surface area contributed by atoms with E-state index in [-0.39, 0.29) is 5.92 Å². The summed E-state index contributed by atoms with van der Waals surface area (Å²) in [6, 6.07) is 3.51. The Bertz CT molecular complexity index is 359. The first-order valence-electron chi connectivity index (χ1n) is 5.54. The summed E-state index contributed by atoms with van der Waals surface area (Å²) in [5, 5.41) is 16.4. The molecule has 4 heteroatoms. The summed E-state index contributed by atoms with van der Waals surface area (Å²) in [7, 11) is 0. The summed E-state index contributed by atoms with van der Waals surface area (Å²) in [6.45, 7) is 0. The van der Waals surface area contributed by atoms with Crippen LogP contribution in [0.25, 0.3) is 1.43 Å². The van der Waals surface area contributed by atoms with Crippen LogP contribution in [0.4, 0.5) is 0 Å². The predicted octanol–water partition coefficient (Wildman–Crippen LogP) is 2.21. The number of hydrogen-bond acceptors (Lipinski definition) is 4. The maximum Gasteiger partial charge on any atom is 0.341 e. The Labute approximate surface area is 93.9 Å². The average Bonchev–Trinajstić information content (AvgIpc) is 2.98. The molecule has 1 aliphatic rings. The molecule has 0 amide bonds. The molecule has 2 rings (SSSR count). The van der Waals surface area contributed by atoms with Gasteiger partial charge in [-0.1, -0.05) is 18.9 Å². The highest BCUT2D eigenvalue weighted by atomic mass is 32.1. The first-order chi connectivity index (χ1) is 7.69. The molecular formula is C11H14O3S. The number of thiophene rings is 1. The van der Waals surface area contributed by atoms with E-state index in [2.05, 4.69) is 5.11 Å². The number of aliphatic hydroxyl groups is 1. The molecule has 1 aromatic heterocycles. The van der Waals surface area contributed by atoms with Crippen LogP contribution in [0, 0.1) is 5.92 Å². The van der Waals surface area contributed by atoms with Gasteiger partial charge in [0.2, 0.25) is 0 Å². The fourth-order valence-electron chi connectivity index (χ4n) is 2.31. The monoisotopic (exact) mass is 228 g/mol. The highest BCUT2D eigenvalue weighted by molar-refractivity contribution is 7.10. The quantitative estimate of drug-likeness (QED) is 0.834. The second-order valence-corrected chi connectivity index (χ2v) is 4.96. The SMILES string of the molecule is [3H]OC(=O)C(O)(c1cccs1)C1CCCC1. The van der Waals surface area contributed by atoms with Crippen LogP contribution in [-0.2, 0) is 10.4 Å². The van der Waals surface area contributed by atoms with Crippen molar-refractivity contribution in [3.63, 3.8) is 0 Å². The van der Waals surface area contributed by atoms with Crippen LogP contribution in [0.2, 0.25) is 0 Å². The maximum atomic E-state index is 11.7. The van der Waals surface area contributed by atoms with Crippen LogP contribution in [0.3, 0.4) is 0 Å². The van der Waals surface area contributed by atoms with Crippen molar-refractivity contribution in [2.24, 2.45) is 5.92 Å². The molecule has 0 saturated heterocycles. The van der Waals surface area contributed by atoms with Gasteiger partial charge in [-0.3, -0.25) is 0 Å². The number of carbonyl (C=O) groups is 1. The van der Waals surface area contributed by atoms with Crippen molar-refractivity contribution in [2.45, 2.75) is 31.3 Å². The number of carboxylic acid groups (broad SMARTS) is 1. The van der Waals surface area contributed by atoms with Crippen LogP contribution in [0.1, 0.15) is 30.6 Å². The zero-order valence-electron chi connectivity index (χ0n) is 9.31. The smallest absolute Gasteiger partial charge is 0.341 e. The fraction of sp³-hybridized carbons (Fsp3) is 0.545. The number of hydrogen-bond donors (Lipinski definition) is 2. The topological polar surface area (TPSA) is 57.5 Å². The molecule has 0 aliphatic heterocycles. The molecule has 1 fully saturated rings. The van der Waals surface area contributed by atoms with Crippen molar-refractivity contribution in [1.29, 1.82) is 1.43 Å². The third-order valence-corrected chi connectivity index (χ3v) is 4.15. The Hall–Kier alpha value is -0.870. The molecule has 1 unspecified atom stereocenters. The van der Waals surface area contributed by atoms with E-state index in [1.54, 1.807) is 12.1 Å². The Morgan fingerprint density at radius 2 is 2.33 bits per heavy atom. The molecule has 1 saturated carbocycles. The Balaban J connectivity index is 2.35. The number of aliphatic carboxylic acids is 1. The second-order valence-electron chi connectivity index (χ2n) is 4.01. The zero-order chi connectivity index (χ0) is 11.6. The van der Waals surface area contributed by atoms with Gasteiger partial charge in [-0.2, -0.15) is 0 Å². The Morgan fingerprint density at radius 3 is 2.87 bits per heavy atom. The predicted molar refractivity (Wildman–Crippen MR) is 57.8 cm³/mol. The lowest BCUT2D eigenvalue weighted by Gasteiger charge is -2.28. The van der Waals surface area contributed by atoms with Crippen molar-refractivity contribution in [3.05, 3.63) is 22.4 Å². The molecule has 0 bridgehead atoms. The Morgan fingerprint density at radius 1 is 1.60 bits per heavy atom. The zero-order valence-corrected chi connectivity index (χ0v) is 9.13. The number of carboxylic acids is 1. The summed E-state index contributed by atoms with van der Waals surface area (Å²) in [4.78, 5) is 12.2. The summed E-state index contributed by atoms with van der Waals surface area (Å²) < 4.78 is 6.73. The van der Waals surface area contributed by atoms with Gasteiger partial charge in [0.25, 0.3) is 1.43 Å². The normalized spacial score (nSPS) is 22.1. The van der Waals surface area contributed by atoms with E-state index < -0.39 is 11.6 Å². The van der Waals surface area contributed by atoms with E-state index in [4.69, 9.17) is 1.43 Å². The third kappa shape index (κ3) is 1.68. The fourth-order valence-corrected chi connectivity index (χ4v) is 3.20. The van der Waals surface area contributed by atoms with Crippen molar-refractivity contribution in [3.8, 4) is 0 Å².